The number of oxazole rings is 1. The van der Waals surface area contributed by atoms with Crippen LogP contribution in [-0.2, 0) is 6.42 Å². The molecule has 0 spiro atoms. The van der Waals surface area contributed by atoms with Crippen LogP contribution in [0.5, 0.6) is 5.75 Å². The van der Waals surface area contributed by atoms with Crippen LogP contribution in [-0.4, -0.2) is 29.4 Å². The molecule has 1 aliphatic heterocycles. The predicted octanol–water partition coefficient (Wildman–Crippen LogP) is 4.39. The van der Waals surface area contributed by atoms with Crippen LogP contribution in [0.3, 0.4) is 0 Å². The molecule has 4 rings (SSSR count). The van der Waals surface area contributed by atoms with Crippen molar-refractivity contribution in [2.45, 2.75) is 25.3 Å². The lowest BCUT2D eigenvalue weighted by Gasteiger charge is -2.23. The summed E-state index contributed by atoms with van der Waals surface area (Å²) >= 11 is 0. The standard InChI is InChI=1S/C22H21FN2O3/c1-27-20-7-3-2-5-18(20)22(26)25-12-4-6-19(25)21-24-14-17(28-21)13-15-8-10-16(23)11-9-15/h2-3,5,7-11,14,19H,4,6,12-13H2,1H3/t19-/m0/s1. The highest BCUT2D eigenvalue weighted by molar-refractivity contribution is 5.97. The lowest BCUT2D eigenvalue weighted by molar-refractivity contribution is 0.0711. The Morgan fingerprint density at radius 3 is 2.82 bits per heavy atom. The van der Waals surface area contributed by atoms with Gasteiger partial charge in [-0.15, -0.1) is 0 Å². The number of ether oxygens (including phenoxy) is 1. The van der Waals surface area contributed by atoms with Crippen molar-refractivity contribution >= 4 is 5.91 Å². The van der Waals surface area contributed by atoms with Gasteiger partial charge >= 0.3 is 0 Å². The number of amides is 1. The molecule has 0 aliphatic carbocycles. The van der Waals surface area contributed by atoms with Crippen LogP contribution in [0.15, 0.2) is 59.1 Å². The van der Waals surface area contributed by atoms with Crippen molar-refractivity contribution in [1.82, 2.24) is 9.88 Å². The molecule has 0 N–H and O–H groups in total. The number of halogens is 1. The SMILES string of the molecule is COc1ccccc1C(=O)N1CCC[C@H]1c1ncc(Cc2ccc(F)cc2)o1. The summed E-state index contributed by atoms with van der Waals surface area (Å²) in [6, 6.07) is 13.3. The molecule has 3 aromatic rings. The number of rotatable bonds is 5. The molecular weight excluding hydrogens is 359 g/mol. The van der Waals surface area contributed by atoms with Gasteiger partial charge in [0.2, 0.25) is 5.89 Å². The van der Waals surface area contributed by atoms with E-state index >= 15 is 0 Å². The minimum Gasteiger partial charge on any atom is -0.496 e. The summed E-state index contributed by atoms with van der Waals surface area (Å²) in [4.78, 5) is 19.3. The molecule has 0 saturated carbocycles. The fraction of sp³-hybridized carbons (Fsp3) is 0.273. The van der Waals surface area contributed by atoms with Crippen LogP contribution in [0.4, 0.5) is 4.39 Å². The van der Waals surface area contributed by atoms with Gasteiger partial charge in [-0.2, -0.15) is 0 Å². The van der Waals surface area contributed by atoms with Gasteiger partial charge in [-0.1, -0.05) is 24.3 Å². The molecule has 5 nitrogen and oxygen atoms in total. The molecule has 0 radical (unpaired) electrons. The highest BCUT2D eigenvalue weighted by Gasteiger charge is 2.34. The number of likely N-dealkylation sites (tertiary alicyclic amines) is 1. The molecule has 1 atom stereocenters. The molecule has 6 heteroatoms. The van der Waals surface area contributed by atoms with Gasteiger partial charge in [0.1, 0.15) is 23.4 Å². The van der Waals surface area contributed by atoms with Crippen molar-refractivity contribution in [3.8, 4) is 5.75 Å². The number of benzene rings is 2. The van der Waals surface area contributed by atoms with E-state index in [1.165, 1.54) is 12.1 Å². The number of hydrogen-bond donors (Lipinski definition) is 0. The van der Waals surface area contributed by atoms with E-state index in [4.69, 9.17) is 9.15 Å². The van der Waals surface area contributed by atoms with Gasteiger partial charge in [0.05, 0.1) is 18.9 Å². The zero-order chi connectivity index (χ0) is 19.5. The first kappa shape index (κ1) is 18.2. The first-order valence-corrected chi connectivity index (χ1v) is 9.28. The lowest BCUT2D eigenvalue weighted by Crippen LogP contribution is -2.31. The zero-order valence-electron chi connectivity index (χ0n) is 15.6. The first-order chi connectivity index (χ1) is 13.7. The fourth-order valence-electron chi connectivity index (χ4n) is 3.60. The third-order valence-electron chi connectivity index (χ3n) is 5.00. The maximum atomic E-state index is 13.1. The summed E-state index contributed by atoms with van der Waals surface area (Å²) in [5.41, 5.74) is 1.48. The van der Waals surface area contributed by atoms with E-state index in [-0.39, 0.29) is 17.8 Å². The number of para-hydroxylation sites is 1. The van der Waals surface area contributed by atoms with Crippen molar-refractivity contribution in [2.75, 3.05) is 13.7 Å². The fourth-order valence-corrected chi connectivity index (χ4v) is 3.60. The van der Waals surface area contributed by atoms with E-state index in [1.807, 2.05) is 12.1 Å². The topological polar surface area (TPSA) is 55.6 Å². The van der Waals surface area contributed by atoms with Crippen molar-refractivity contribution in [3.63, 3.8) is 0 Å². The van der Waals surface area contributed by atoms with Gasteiger partial charge in [-0.3, -0.25) is 4.79 Å². The number of methoxy groups -OCH3 is 1. The molecule has 0 bridgehead atoms. The van der Waals surface area contributed by atoms with E-state index in [0.717, 1.165) is 18.4 Å². The summed E-state index contributed by atoms with van der Waals surface area (Å²) in [7, 11) is 1.56. The van der Waals surface area contributed by atoms with E-state index in [0.29, 0.717) is 35.9 Å². The van der Waals surface area contributed by atoms with Gasteiger partial charge < -0.3 is 14.1 Å². The second kappa shape index (κ2) is 7.84. The minimum absolute atomic E-state index is 0.0850. The van der Waals surface area contributed by atoms with Crippen LogP contribution < -0.4 is 4.74 Å². The molecule has 2 aromatic carbocycles. The van der Waals surface area contributed by atoms with Crippen LogP contribution in [0.2, 0.25) is 0 Å². The van der Waals surface area contributed by atoms with E-state index < -0.39 is 0 Å². The van der Waals surface area contributed by atoms with Crippen molar-refractivity contribution < 1.29 is 18.3 Å². The summed E-state index contributed by atoms with van der Waals surface area (Å²) < 4.78 is 24.3. The van der Waals surface area contributed by atoms with Gasteiger partial charge in [0, 0.05) is 13.0 Å². The molecule has 1 saturated heterocycles. The van der Waals surface area contributed by atoms with Crippen molar-refractivity contribution in [2.24, 2.45) is 0 Å². The smallest absolute Gasteiger partial charge is 0.258 e. The van der Waals surface area contributed by atoms with Crippen molar-refractivity contribution in [1.29, 1.82) is 0 Å². The van der Waals surface area contributed by atoms with E-state index in [1.54, 1.807) is 42.5 Å². The quantitative estimate of drug-likeness (QED) is 0.659. The third-order valence-corrected chi connectivity index (χ3v) is 5.00. The Balaban J connectivity index is 1.53. The maximum absolute atomic E-state index is 13.1. The Kier molecular flexibility index (Phi) is 5.10. The Labute approximate surface area is 162 Å². The third kappa shape index (κ3) is 3.63. The summed E-state index contributed by atoms with van der Waals surface area (Å²) in [5.74, 6) is 1.44. The Morgan fingerprint density at radius 2 is 2.04 bits per heavy atom. The normalized spacial score (nSPS) is 16.4. The molecule has 1 aliphatic rings. The Bertz CT molecular complexity index is 968. The molecular formula is C22H21FN2O3. The van der Waals surface area contributed by atoms with Gasteiger partial charge in [-0.25, -0.2) is 9.37 Å². The molecule has 1 amide bonds. The van der Waals surface area contributed by atoms with Gasteiger partial charge in [0.25, 0.3) is 5.91 Å². The maximum Gasteiger partial charge on any atom is 0.258 e. The average Bonchev–Trinajstić information content (AvgIpc) is 3.38. The molecule has 144 valence electrons. The zero-order valence-corrected chi connectivity index (χ0v) is 15.6. The Morgan fingerprint density at radius 1 is 1.25 bits per heavy atom. The highest BCUT2D eigenvalue weighted by atomic mass is 19.1. The lowest BCUT2D eigenvalue weighted by atomic mass is 10.1. The number of carbonyl (C=O) groups is 1. The second-order valence-corrected chi connectivity index (χ2v) is 6.82. The van der Waals surface area contributed by atoms with Crippen LogP contribution >= 0.6 is 0 Å². The Hall–Kier alpha value is -3.15. The monoisotopic (exact) mass is 380 g/mol. The molecule has 0 unspecified atom stereocenters. The summed E-state index contributed by atoms with van der Waals surface area (Å²) in [5, 5.41) is 0. The number of nitrogens with zero attached hydrogens (tertiary/aromatic N) is 2. The van der Waals surface area contributed by atoms with Gasteiger partial charge in [-0.05, 0) is 42.7 Å². The second-order valence-electron chi connectivity index (χ2n) is 6.82. The molecule has 2 heterocycles. The summed E-state index contributed by atoms with van der Waals surface area (Å²) in [6.45, 7) is 0.650. The average molecular weight is 380 g/mol. The predicted molar refractivity (Wildman–Crippen MR) is 102 cm³/mol. The van der Waals surface area contributed by atoms with E-state index in [2.05, 4.69) is 4.98 Å². The molecule has 1 fully saturated rings. The van der Waals surface area contributed by atoms with Gasteiger partial charge in [0.15, 0.2) is 0 Å². The molecule has 28 heavy (non-hydrogen) atoms. The van der Waals surface area contributed by atoms with E-state index in [9.17, 15) is 9.18 Å². The number of carbonyl (C=O) groups excluding carboxylic acids is 1. The summed E-state index contributed by atoms with van der Waals surface area (Å²) in [6.07, 6.45) is 3.90. The number of hydrogen-bond acceptors (Lipinski definition) is 4. The van der Waals surface area contributed by atoms with Crippen molar-refractivity contribution in [3.05, 3.63) is 83.3 Å². The highest BCUT2D eigenvalue weighted by Crippen LogP contribution is 2.34. The van der Waals surface area contributed by atoms with Crippen LogP contribution in [0.1, 0.15) is 46.5 Å². The largest absolute Gasteiger partial charge is 0.496 e. The first-order valence-electron chi connectivity index (χ1n) is 9.28. The molecule has 1 aromatic heterocycles. The van der Waals surface area contributed by atoms with Crippen LogP contribution in [0, 0.1) is 5.82 Å². The minimum atomic E-state index is -0.265. The van der Waals surface area contributed by atoms with Crippen LogP contribution in [0.25, 0.3) is 0 Å². The number of aromatic nitrogens is 1.